The number of aliphatic hydroxyl groups is 1. The number of nitrogens with zero attached hydrogens (tertiary/aromatic N) is 4. The number of halogens is 2. The molecule has 0 aliphatic heterocycles. The Morgan fingerprint density at radius 2 is 2.12 bits per heavy atom. The summed E-state index contributed by atoms with van der Waals surface area (Å²) in [5.74, 6) is 1.12. The van der Waals surface area contributed by atoms with Crippen molar-refractivity contribution in [2.24, 2.45) is 5.92 Å². The highest BCUT2D eigenvalue weighted by Gasteiger charge is 2.17. The second kappa shape index (κ2) is 7.55. The molecule has 2 heterocycles. The molecule has 0 unspecified atom stereocenters. The van der Waals surface area contributed by atoms with Gasteiger partial charge in [0, 0.05) is 10.7 Å². The Morgan fingerprint density at radius 1 is 1.32 bits per heavy atom. The van der Waals surface area contributed by atoms with Gasteiger partial charge < -0.3 is 15.7 Å². The van der Waals surface area contributed by atoms with Gasteiger partial charge in [-0.2, -0.15) is 19.6 Å². The van der Waals surface area contributed by atoms with Crippen LogP contribution in [-0.2, 0) is 0 Å². The molecule has 3 rings (SSSR count). The summed E-state index contributed by atoms with van der Waals surface area (Å²) in [5.41, 5.74) is 1.40. The summed E-state index contributed by atoms with van der Waals surface area (Å²) in [5, 5.41) is 20.8. The first kappa shape index (κ1) is 17.9. The molecule has 0 bridgehead atoms. The van der Waals surface area contributed by atoms with Crippen molar-refractivity contribution < 1.29 is 5.11 Å². The SMILES string of the molecule is CC(C)[C@H](CO)Nc1nc(Nc2cccc(Cl)c2)n2ncc(Br)c2n1. The van der Waals surface area contributed by atoms with E-state index in [4.69, 9.17) is 11.6 Å². The van der Waals surface area contributed by atoms with Gasteiger partial charge in [0.2, 0.25) is 11.9 Å². The summed E-state index contributed by atoms with van der Waals surface area (Å²) in [6.45, 7) is 4.03. The zero-order chi connectivity index (χ0) is 18.0. The molecule has 0 amide bonds. The number of benzene rings is 1. The monoisotopic (exact) mass is 424 g/mol. The van der Waals surface area contributed by atoms with Gasteiger partial charge in [-0.25, -0.2) is 0 Å². The molecule has 1 aromatic carbocycles. The average Bonchev–Trinajstić information content (AvgIpc) is 2.94. The predicted molar refractivity (Wildman–Crippen MR) is 103 cm³/mol. The lowest BCUT2D eigenvalue weighted by Gasteiger charge is -2.20. The molecule has 2 aromatic heterocycles. The van der Waals surface area contributed by atoms with E-state index in [-0.39, 0.29) is 18.6 Å². The lowest BCUT2D eigenvalue weighted by Crippen LogP contribution is -2.30. The van der Waals surface area contributed by atoms with Gasteiger partial charge in [0.05, 0.1) is 23.3 Å². The minimum absolute atomic E-state index is 0.0102. The highest BCUT2D eigenvalue weighted by atomic mass is 79.9. The van der Waals surface area contributed by atoms with Gasteiger partial charge >= 0.3 is 0 Å². The third-order valence-corrected chi connectivity index (χ3v) is 4.52. The lowest BCUT2D eigenvalue weighted by atomic mass is 10.1. The van der Waals surface area contributed by atoms with E-state index in [1.54, 1.807) is 22.8 Å². The average molecular weight is 426 g/mol. The smallest absolute Gasteiger partial charge is 0.233 e. The Bertz CT molecular complexity index is 884. The zero-order valence-corrected chi connectivity index (χ0v) is 16.1. The first-order valence-corrected chi connectivity index (χ1v) is 8.96. The Labute approximate surface area is 158 Å². The van der Waals surface area contributed by atoms with Crippen LogP contribution in [0.1, 0.15) is 13.8 Å². The quantitative estimate of drug-likeness (QED) is 0.558. The number of fused-ring (bicyclic) bond motifs is 1. The predicted octanol–water partition coefficient (Wildman–Crippen LogP) is 3.71. The van der Waals surface area contributed by atoms with E-state index >= 15 is 0 Å². The molecule has 9 heteroatoms. The van der Waals surface area contributed by atoms with Crippen LogP contribution in [0, 0.1) is 5.92 Å². The molecule has 3 aromatic rings. The molecule has 132 valence electrons. The molecular weight excluding hydrogens is 408 g/mol. The number of aromatic nitrogens is 4. The summed E-state index contributed by atoms with van der Waals surface area (Å²) in [6.07, 6.45) is 1.66. The Kier molecular flexibility index (Phi) is 5.41. The van der Waals surface area contributed by atoms with Gasteiger partial charge in [0.25, 0.3) is 0 Å². The minimum atomic E-state index is -0.150. The normalized spacial score (nSPS) is 12.6. The molecule has 3 N–H and O–H groups in total. The van der Waals surface area contributed by atoms with Crippen LogP contribution in [0.5, 0.6) is 0 Å². The molecule has 25 heavy (non-hydrogen) atoms. The van der Waals surface area contributed by atoms with Gasteiger partial charge in [-0.3, -0.25) is 0 Å². The van der Waals surface area contributed by atoms with Gasteiger partial charge in [-0.05, 0) is 40.0 Å². The van der Waals surface area contributed by atoms with E-state index in [2.05, 4.69) is 41.6 Å². The van der Waals surface area contributed by atoms with Crippen molar-refractivity contribution >= 4 is 50.8 Å². The van der Waals surface area contributed by atoms with Gasteiger partial charge in [-0.15, -0.1) is 0 Å². The maximum Gasteiger partial charge on any atom is 0.233 e. The van der Waals surface area contributed by atoms with Crippen LogP contribution in [0.15, 0.2) is 34.9 Å². The summed E-state index contributed by atoms with van der Waals surface area (Å²) in [4.78, 5) is 8.98. The van der Waals surface area contributed by atoms with Crippen LogP contribution in [-0.4, -0.2) is 37.3 Å². The maximum absolute atomic E-state index is 9.55. The molecule has 0 spiro atoms. The highest BCUT2D eigenvalue weighted by Crippen LogP contribution is 2.24. The maximum atomic E-state index is 9.55. The van der Waals surface area contributed by atoms with Crippen molar-refractivity contribution in [2.75, 3.05) is 17.2 Å². The lowest BCUT2D eigenvalue weighted by molar-refractivity contribution is 0.248. The molecule has 0 fully saturated rings. The second-order valence-corrected chi connectivity index (χ2v) is 7.20. The van der Waals surface area contributed by atoms with Gasteiger partial charge in [-0.1, -0.05) is 31.5 Å². The van der Waals surface area contributed by atoms with Crippen molar-refractivity contribution in [3.8, 4) is 0 Å². The number of nitrogens with one attached hydrogen (secondary N) is 2. The summed E-state index contributed by atoms with van der Waals surface area (Å²) >= 11 is 9.49. The van der Waals surface area contributed by atoms with Crippen LogP contribution in [0.2, 0.25) is 5.02 Å². The van der Waals surface area contributed by atoms with E-state index in [1.807, 2.05) is 26.0 Å². The van der Waals surface area contributed by atoms with Crippen molar-refractivity contribution in [1.29, 1.82) is 0 Å². The fourth-order valence-electron chi connectivity index (χ4n) is 2.28. The zero-order valence-electron chi connectivity index (χ0n) is 13.7. The molecular formula is C16H18BrClN6O. The summed E-state index contributed by atoms with van der Waals surface area (Å²) < 4.78 is 2.34. The van der Waals surface area contributed by atoms with E-state index in [9.17, 15) is 5.11 Å². The third-order valence-electron chi connectivity index (χ3n) is 3.72. The van der Waals surface area contributed by atoms with Crippen molar-refractivity contribution in [1.82, 2.24) is 19.6 Å². The molecule has 0 aliphatic carbocycles. The van der Waals surface area contributed by atoms with E-state index in [0.717, 1.165) is 10.2 Å². The standard InChI is InChI=1S/C16H18BrClN6O/c1-9(2)13(8-25)21-15-22-14-12(17)7-19-24(14)16(23-15)20-11-5-3-4-10(18)6-11/h3-7,9,13,25H,8H2,1-2H3,(H2,20,21,22,23)/t13-/m0/s1. The van der Waals surface area contributed by atoms with E-state index in [0.29, 0.717) is 22.6 Å². The number of hydrogen-bond acceptors (Lipinski definition) is 6. The summed E-state index contributed by atoms with van der Waals surface area (Å²) in [6, 6.07) is 7.18. The molecule has 1 atom stereocenters. The fourth-order valence-corrected chi connectivity index (χ4v) is 2.82. The number of rotatable bonds is 6. The van der Waals surface area contributed by atoms with Crippen molar-refractivity contribution in [3.63, 3.8) is 0 Å². The number of anilines is 3. The van der Waals surface area contributed by atoms with Crippen LogP contribution >= 0.6 is 27.5 Å². The van der Waals surface area contributed by atoms with Crippen LogP contribution < -0.4 is 10.6 Å². The van der Waals surface area contributed by atoms with Gasteiger partial charge in [0.15, 0.2) is 5.65 Å². The van der Waals surface area contributed by atoms with Crippen LogP contribution in [0.3, 0.4) is 0 Å². The second-order valence-electron chi connectivity index (χ2n) is 5.91. The Morgan fingerprint density at radius 3 is 2.80 bits per heavy atom. The Balaban J connectivity index is 2.01. The molecule has 0 saturated heterocycles. The molecule has 0 aliphatic rings. The molecule has 0 saturated carbocycles. The molecule has 7 nitrogen and oxygen atoms in total. The highest BCUT2D eigenvalue weighted by molar-refractivity contribution is 9.10. The van der Waals surface area contributed by atoms with Crippen molar-refractivity contribution in [3.05, 3.63) is 40.0 Å². The van der Waals surface area contributed by atoms with E-state index < -0.39 is 0 Å². The first-order valence-electron chi connectivity index (χ1n) is 7.79. The third kappa shape index (κ3) is 4.02. The van der Waals surface area contributed by atoms with E-state index in [1.165, 1.54) is 0 Å². The van der Waals surface area contributed by atoms with Crippen molar-refractivity contribution in [2.45, 2.75) is 19.9 Å². The van der Waals surface area contributed by atoms with Crippen LogP contribution in [0.25, 0.3) is 5.65 Å². The Hall–Kier alpha value is -1.90. The number of aliphatic hydroxyl groups excluding tert-OH is 1. The topological polar surface area (TPSA) is 87.4 Å². The minimum Gasteiger partial charge on any atom is -0.394 e. The number of hydrogen-bond donors (Lipinski definition) is 3. The van der Waals surface area contributed by atoms with Crippen LogP contribution in [0.4, 0.5) is 17.6 Å². The fraction of sp³-hybridized carbons (Fsp3) is 0.312. The molecule has 0 radical (unpaired) electrons. The van der Waals surface area contributed by atoms with Gasteiger partial charge in [0.1, 0.15) is 0 Å². The summed E-state index contributed by atoms with van der Waals surface area (Å²) in [7, 11) is 0. The first-order chi connectivity index (χ1) is 12.0. The largest absolute Gasteiger partial charge is 0.394 e.